The van der Waals surface area contributed by atoms with E-state index in [1.807, 2.05) is 17.5 Å². The summed E-state index contributed by atoms with van der Waals surface area (Å²) in [4.78, 5) is 16.1. The van der Waals surface area contributed by atoms with Crippen LogP contribution >= 0.6 is 11.3 Å². The molecule has 0 saturated carbocycles. The van der Waals surface area contributed by atoms with Crippen LogP contribution in [0.2, 0.25) is 0 Å². The Morgan fingerprint density at radius 1 is 1.07 bits per heavy atom. The molecular formula is C18H15N5O3S2. The second kappa shape index (κ2) is 7.06. The first-order valence-corrected chi connectivity index (χ1v) is 10.6. The van der Waals surface area contributed by atoms with Crippen molar-refractivity contribution in [3.63, 3.8) is 0 Å². The van der Waals surface area contributed by atoms with Gasteiger partial charge in [0.15, 0.2) is 0 Å². The van der Waals surface area contributed by atoms with Crippen molar-refractivity contribution in [1.82, 2.24) is 14.6 Å². The van der Waals surface area contributed by atoms with E-state index >= 15 is 0 Å². The quantitative estimate of drug-likeness (QED) is 0.523. The van der Waals surface area contributed by atoms with E-state index in [-0.39, 0.29) is 16.8 Å². The standard InChI is InChI=1S/C18H15N5O3S2/c1-12(24)19-14-9-7-13(8-10-14)16-11-27-18-20-17(21-23(16)18)22-28(25,26)15-5-3-2-4-6-15/h2-11H,1H3,(H,19,24)(H,21,22). The largest absolute Gasteiger partial charge is 0.326 e. The number of sulfonamides is 1. The van der Waals surface area contributed by atoms with E-state index in [0.717, 1.165) is 11.3 Å². The lowest BCUT2D eigenvalue weighted by Gasteiger charge is -2.04. The topological polar surface area (TPSA) is 105 Å². The van der Waals surface area contributed by atoms with E-state index in [2.05, 4.69) is 20.1 Å². The van der Waals surface area contributed by atoms with Gasteiger partial charge in [0, 0.05) is 23.6 Å². The maximum atomic E-state index is 12.4. The lowest BCUT2D eigenvalue weighted by atomic mass is 10.1. The molecule has 2 N–H and O–H groups in total. The van der Waals surface area contributed by atoms with Crippen molar-refractivity contribution >= 4 is 43.9 Å². The van der Waals surface area contributed by atoms with Gasteiger partial charge in [0.25, 0.3) is 16.0 Å². The van der Waals surface area contributed by atoms with Gasteiger partial charge in [-0.05, 0) is 24.3 Å². The van der Waals surface area contributed by atoms with E-state index in [1.165, 1.54) is 30.4 Å². The molecule has 10 heteroatoms. The summed E-state index contributed by atoms with van der Waals surface area (Å²) >= 11 is 1.35. The number of amides is 1. The van der Waals surface area contributed by atoms with Crippen LogP contribution in [0.3, 0.4) is 0 Å². The second-order valence-corrected chi connectivity index (χ2v) is 8.45. The molecule has 0 fully saturated rings. The van der Waals surface area contributed by atoms with Crippen molar-refractivity contribution in [1.29, 1.82) is 0 Å². The Morgan fingerprint density at radius 2 is 1.79 bits per heavy atom. The minimum atomic E-state index is -3.76. The van der Waals surface area contributed by atoms with Gasteiger partial charge in [-0.15, -0.1) is 16.4 Å². The van der Waals surface area contributed by atoms with E-state index in [1.54, 1.807) is 34.8 Å². The van der Waals surface area contributed by atoms with Crippen LogP contribution in [0.4, 0.5) is 11.6 Å². The van der Waals surface area contributed by atoms with Crippen LogP contribution in [0.5, 0.6) is 0 Å². The molecule has 4 aromatic rings. The van der Waals surface area contributed by atoms with Gasteiger partial charge < -0.3 is 5.32 Å². The van der Waals surface area contributed by atoms with Crippen LogP contribution in [0.25, 0.3) is 16.2 Å². The fraction of sp³-hybridized carbons (Fsp3) is 0.0556. The van der Waals surface area contributed by atoms with Gasteiger partial charge in [0.2, 0.25) is 10.9 Å². The Balaban J connectivity index is 1.63. The third kappa shape index (κ3) is 3.59. The fourth-order valence-electron chi connectivity index (χ4n) is 2.63. The first kappa shape index (κ1) is 18.1. The van der Waals surface area contributed by atoms with Gasteiger partial charge in [0.05, 0.1) is 10.6 Å². The summed E-state index contributed by atoms with van der Waals surface area (Å²) in [5.74, 6) is -0.135. The molecule has 0 aliphatic heterocycles. The van der Waals surface area contributed by atoms with Gasteiger partial charge in [-0.1, -0.05) is 30.3 Å². The number of carbonyl (C=O) groups excluding carboxylic acids is 1. The molecule has 0 bridgehead atoms. The summed E-state index contributed by atoms with van der Waals surface area (Å²) < 4.78 is 28.9. The van der Waals surface area contributed by atoms with Gasteiger partial charge in [-0.3, -0.25) is 4.79 Å². The van der Waals surface area contributed by atoms with Crippen LogP contribution in [-0.4, -0.2) is 28.9 Å². The van der Waals surface area contributed by atoms with Crippen molar-refractivity contribution in [2.75, 3.05) is 10.0 Å². The highest BCUT2D eigenvalue weighted by atomic mass is 32.2. The number of carbonyl (C=O) groups is 1. The molecular weight excluding hydrogens is 398 g/mol. The maximum Gasteiger partial charge on any atom is 0.264 e. The minimum absolute atomic E-state index is 0.00631. The molecule has 0 aliphatic rings. The number of thiazole rings is 1. The monoisotopic (exact) mass is 413 g/mol. The molecule has 0 aliphatic carbocycles. The summed E-state index contributed by atoms with van der Waals surface area (Å²) in [6.07, 6.45) is 0. The predicted molar refractivity (Wildman–Crippen MR) is 108 cm³/mol. The molecule has 0 unspecified atom stereocenters. The average Bonchev–Trinajstić information content (AvgIpc) is 3.22. The average molecular weight is 413 g/mol. The Bertz CT molecular complexity index is 1250. The number of nitrogens with one attached hydrogen (secondary N) is 2. The highest BCUT2D eigenvalue weighted by Gasteiger charge is 2.18. The highest BCUT2D eigenvalue weighted by Crippen LogP contribution is 2.27. The number of aromatic nitrogens is 3. The molecule has 2 aromatic heterocycles. The highest BCUT2D eigenvalue weighted by molar-refractivity contribution is 7.92. The van der Waals surface area contributed by atoms with Gasteiger partial charge in [-0.25, -0.2) is 17.7 Å². The van der Waals surface area contributed by atoms with Crippen LogP contribution < -0.4 is 10.0 Å². The Labute approximate surface area is 164 Å². The van der Waals surface area contributed by atoms with E-state index in [0.29, 0.717) is 10.6 Å². The molecule has 2 aromatic carbocycles. The molecule has 1 amide bonds. The van der Waals surface area contributed by atoms with Crippen LogP contribution in [0, 0.1) is 0 Å². The Kier molecular flexibility index (Phi) is 4.57. The van der Waals surface area contributed by atoms with Gasteiger partial charge >= 0.3 is 0 Å². The Hall–Kier alpha value is -3.24. The number of fused-ring (bicyclic) bond motifs is 1. The zero-order valence-electron chi connectivity index (χ0n) is 14.7. The summed E-state index contributed by atoms with van der Waals surface area (Å²) in [5, 5.41) is 8.89. The normalized spacial score (nSPS) is 11.5. The molecule has 142 valence electrons. The number of rotatable bonds is 5. The number of anilines is 2. The van der Waals surface area contributed by atoms with Crippen molar-refractivity contribution in [2.24, 2.45) is 0 Å². The van der Waals surface area contributed by atoms with Crippen molar-refractivity contribution in [3.05, 3.63) is 60.0 Å². The first-order chi connectivity index (χ1) is 13.4. The van der Waals surface area contributed by atoms with Crippen molar-refractivity contribution < 1.29 is 13.2 Å². The van der Waals surface area contributed by atoms with Gasteiger partial charge in [0.1, 0.15) is 0 Å². The smallest absolute Gasteiger partial charge is 0.264 e. The number of hydrogen-bond donors (Lipinski definition) is 2. The summed E-state index contributed by atoms with van der Waals surface area (Å²) in [6.45, 7) is 1.45. The van der Waals surface area contributed by atoms with E-state index < -0.39 is 10.0 Å². The molecule has 28 heavy (non-hydrogen) atoms. The van der Waals surface area contributed by atoms with Crippen molar-refractivity contribution in [3.8, 4) is 11.3 Å². The Morgan fingerprint density at radius 3 is 2.46 bits per heavy atom. The van der Waals surface area contributed by atoms with Crippen LogP contribution in [0.1, 0.15) is 6.92 Å². The summed E-state index contributed by atoms with van der Waals surface area (Å²) in [5.41, 5.74) is 2.33. The lowest BCUT2D eigenvalue weighted by Crippen LogP contribution is -2.14. The molecule has 0 radical (unpaired) electrons. The molecule has 4 rings (SSSR count). The molecule has 0 saturated heterocycles. The molecule has 0 spiro atoms. The van der Waals surface area contributed by atoms with Crippen LogP contribution in [0.15, 0.2) is 64.9 Å². The number of benzene rings is 2. The number of hydrogen-bond acceptors (Lipinski definition) is 6. The summed E-state index contributed by atoms with van der Waals surface area (Å²) in [7, 11) is -3.76. The maximum absolute atomic E-state index is 12.4. The third-order valence-corrected chi connectivity index (χ3v) is 6.02. The molecule has 8 nitrogen and oxygen atoms in total. The fourth-order valence-corrected chi connectivity index (χ4v) is 4.42. The van der Waals surface area contributed by atoms with Gasteiger partial charge in [-0.2, -0.15) is 4.98 Å². The SMILES string of the molecule is CC(=O)Nc1ccc(-c2csc3nc(NS(=O)(=O)c4ccccc4)nn23)cc1. The zero-order chi connectivity index (χ0) is 19.7. The third-order valence-electron chi connectivity index (χ3n) is 3.86. The molecule has 2 heterocycles. The first-order valence-electron chi connectivity index (χ1n) is 8.22. The minimum Gasteiger partial charge on any atom is -0.326 e. The van der Waals surface area contributed by atoms with E-state index in [9.17, 15) is 13.2 Å². The zero-order valence-corrected chi connectivity index (χ0v) is 16.3. The predicted octanol–water partition coefficient (Wildman–Crippen LogP) is 3.22. The lowest BCUT2D eigenvalue weighted by molar-refractivity contribution is -0.114. The van der Waals surface area contributed by atoms with E-state index in [4.69, 9.17) is 0 Å². The summed E-state index contributed by atoms with van der Waals surface area (Å²) in [6, 6.07) is 15.3. The molecule has 0 atom stereocenters. The van der Waals surface area contributed by atoms with Crippen molar-refractivity contribution in [2.45, 2.75) is 11.8 Å². The number of nitrogens with zero attached hydrogens (tertiary/aromatic N) is 3. The van der Waals surface area contributed by atoms with Crippen LogP contribution in [-0.2, 0) is 14.8 Å². The second-order valence-electron chi connectivity index (χ2n) is 5.93.